The lowest BCUT2D eigenvalue weighted by Gasteiger charge is -2.25. The number of aromatic nitrogens is 3. The van der Waals surface area contributed by atoms with Gasteiger partial charge in [0, 0.05) is 40.6 Å². The van der Waals surface area contributed by atoms with E-state index in [2.05, 4.69) is 31.8 Å². The lowest BCUT2D eigenvalue weighted by Crippen LogP contribution is -2.19. The van der Waals surface area contributed by atoms with Gasteiger partial charge in [-0.1, -0.05) is 18.2 Å². The SMILES string of the molecule is Cc1nnc2n1-c1ccc(S(C)=O)cc1N(c1ccccc1)CC2. The molecule has 1 atom stereocenters. The van der Waals surface area contributed by atoms with Gasteiger partial charge in [-0.2, -0.15) is 0 Å². The van der Waals surface area contributed by atoms with Crippen LogP contribution in [0.5, 0.6) is 0 Å². The summed E-state index contributed by atoms with van der Waals surface area (Å²) in [6.07, 6.45) is 2.51. The number of fused-ring (bicyclic) bond motifs is 3. The molecule has 5 nitrogen and oxygen atoms in total. The van der Waals surface area contributed by atoms with E-state index in [0.29, 0.717) is 0 Å². The van der Waals surface area contributed by atoms with Crippen LogP contribution in [0.25, 0.3) is 5.69 Å². The maximum atomic E-state index is 12.0. The van der Waals surface area contributed by atoms with Crippen LogP contribution in [0.15, 0.2) is 53.4 Å². The quantitative estimate of drug-likeness (QED) is 0.721. The third-order valence-corrected chi connectivity index (χ3v) is 5.25. The fourth-order valence-electron chi connectivity index (χ4n) is 3.18. The minimum atomic E-state index is -1.02. The van der Waals surface area contributed by atoms with Gasteiger partial charge < -0.3 is 4.90 Å². The Morgan fingerprint density at radius 3 is 2.58 bits per heavy atom. The van der Waals surface area contributed by atoms with Crippen LogP contribution in [0.1, 0.15) is 11.6 Å². The second-order valence-electron chi connectivity index (χ2n) is 5.84. The van der Waals surface area contributed by atoms with E-state index in [-0.39, 0.29) is 0 Å². The van der Waals surface area contributed by atoms with E-state index in [0.717, 1.165) is 46.6 Å². The molecule has 6 heteroatoms. The minimum absolute atomic E-state index is 0.801. The van der Waals surface area contributed by atoms with E-state index in [1.807, 2.05) is 43.3 Å². The van der Waals surface area contributed by atoms with Gasteiger partial charge in [-0.25, -0.2) is 0 Å². The number of hydrogen-bond donors (Lipinski definition) is 0. The van der Waals surface area contributed by atoms with Crippen molar-refractivity contribution in [2.45, 2.75) is 18.2 Å². The van der Waals surface area contributed by atoms with Crippen molar-refractivity contribution in [3.63, 3.8) is 0 Å². The highest BCUT2D eigenvalue weighted by atomic mass is 32.2. The van der Waals surface area contributed by atoms with Crippen LogP contribution in [0.4, 0.5) is 11.4 Å². The normalized spacial score (nSPS) is 14.7. The lowest BCUT2D eigenvalue weighted by atomic mass is 10.2. The number of aryl methyl sites for hydroxylation is 1. The Morgan fingerprint density at radius 2 is 1.83 bits per heavy atom. The van der Waals surface area contributed by atoms with Crippen LogP contribution in [0.3, 0.4) is 0 Å². The fraction of sp³-hybridized carbons (Fsp3) is 0.222. The number of benzene rings is 2. The second kappa shape index (κ2) is 5.87. The zero-order valence-corrected chi connectivity index (χ0v) is 14.5. The summed E-state index contributed by atoms with van der Waals surface area (Å²) in [6, 6.07) is 16.2. The van der Waals surface area contributed by atoms with Gasteiger partial charge in [0.2, 0.25) is 0 Å². The van der Waals surface area contributed by atoms with Crippen molar-refractivity contribution in [3.05, 3.63) is 60.2 Å². The van der Waals surface area contributed by atoms with Crippen LogP contribution in [0.2, 0.25) is 0 Å². The van der Waals surface area contributed by atoms with Crippen molar-refractivity contribution in [2.24, 2.45) is 0 Å². The highest BCUT2D eigenvalue weighted by molar-refractivity contribution is 7.84. The maximum absolute atomic E-state index is 12.0. The van der Waals surface area contributed by atoms with Crippen LogP contribution in [-0.4, -0.2) is 31.8 Å². The van der Waals surface area contributed by atoms with E-state index >= 15 is 0 Å². The first kappa shape index (κ1) is 15.1. The molecule has 1 aliphatic rings. The van der Waals surface area contributed by atoms with Gasteiger partial charge in [-0.15, -0.1) is 10.2 Å². The van der Waals surface area contributed by atoms with Crippen molar-refractivity contribution >= 4 is 22.2 Å². The second-order valence-corrected chi connectivity index (χ2v) is 7.22. The number of rotatable bonds is 2. The first-order chi connectivity index (χ1) is 11.6. The van der Waals surface area contributed by atoms with E-state index < -0.39 is 10.8 Å². The lowest BCUT2D eigenvalue weighted by molar-refractivity contribution is 0.687. The molecule has 2 heterocycles. The van der Waals surface area contributed by atoms with Gasteiger partial charge in [0.25, 0.3) is 0 Å². The van der Waals surface area contributed by atoms with Crippen molar-refractivity contribution in [1.29, 1.82) is 0 Å². The molecule has 0 N–H and O–H groups in total. The number of para-hydroxylation sites is 1. The van der Waals surface area contributed by atoms with Gasteiger partial charge in [-0.3, -0.25) is 8.78 Å². The molecule has 122 valence electrons. The summed E-state index contributed by atoms with van der Waals surface area (Å²) < 4.78 is 14.1. The van der Waals surface area contributed by atoms with Gasteiger partial charge in [-0.05, 0) is 37.3 Å². The topological polar surface area (TPSA) is 51.0 Å². The molecular weight excluding hydrogens is 320 g/mol. The van der Waals surface area contributed by atoms with E-state index in [1.54, 1.807) is 6.26 Å². The standard InChI is InChI=1S/C18H18N4OS/c1-13-19-20-18-10-11-21(14-6-4-3-5-7-14)17-12-15(24(2)23)8-9-16(17)22(13)18/h3-9,12H,10-11H2,1-2H3. The molecule has 1 aliphatic heterocycles. The molecule has 0 saturated heterocycles. The summed E-state index contributed by atoms with van der Waals surface area (Å²) in [7, 11) is -1.02. The largest absolute Gasteiger partial charge is 0.339 e. The Bertz CT molecular complexity index is 920. The first-order valence-electron chi connectivity index (χ1n) is 7.86. The Labute approximate surface area is 143 Å². The summed E-state index contributed by atoms with van der Waals surface area (Å²) in [5, 5.41) is 8.56. The molecule has 0 fully saturated rings. The zero-order valence-electron chi connectivity index (χ0n) is 13.6. The van der Waals surface area contributed by atoms with E-state index in [4.69, 9.17) is 0 Å². The summed E-state index contributed by atoms with van der Waals surface area (Å²) in [6.45, 7) is 2.76. The molecule has 1 aromatic heterocycles. The van der Waals surface area contributed by atoms with Gasteiger partial charge >= 0.3 is 0 Å². The summed E-state index contributed by atoms with van der Waals surface area (Å²) >= 11 is 0. The molecule has 0 bridgehead atoms. The molecule has 3 aromatic rings. The fourth-order valence-corrected chi connectivity index (χ4v) is 3.71. The number of nitrogens with zero attached hydrogens (tertiary/aromatic N) is 4. The van der Waals surface area contributed by atoms with Crippen LogP contribution in [-0.2, 0) is 17.2 Å². The zero-order chi connectivity index (χ0) is 16.7. The molecule has 4 rings (SSSR count). The van der Waals surface area contributed by atoms with Crippen molar-refractivity contribution in [2.75, 3.05) is 17.7 Å². The Kier molecular flexibility index (Phi) is 3.69. The summed E-state index contributed by atoms with van der Waals surface area (Å²) in [4.78, 5) is 3.09. The molecule has 0 amide bonds. The van der Waals surface area contributed by atoms with Crippen LogP contribution < -0.4 is 4.90 Å². The van der Waals surface area contributed by atoms with Crippen LogP contribution >= 0.6 is 0 Å². The highest BCUT2D eigenvalue weighted by Crippen LogP contribution is 2.35. The predicted molar refractivity (Wildman–Crippen MR) is 95.6 cm³/mol. The molecule has 24 heavy (non-hydrogen) atoms. The average Bonchev–Trinajstić information content (AvgIpc) is 2.87. The van der Waals surface area contributed by atoms with Gasteiger partial charge in [0.1, 0.15) is 11.6 Å². The Balaban J connectivity index is 1.96. The molecule has 1 unspecified atom stereocenters. The average molecular weight is 338 g/mol. The third kappa shape index (κ3) is 2.43. The molecule has 0 aliphatic carbocycles. The first-order valence-corrected chi connectivity index (χ1v) is 9.42. The van der Waals surface area contributed by atoms with Crippen molar-refractivity contribution < 1.29 is 4.21 Å². The monoisotopic (exact) mass is 338 g/mol. The van der Waals surface area contributed by atoms with Crippen molar-refractivity contribution in [3.8, 4) is 5.69 Å². The smallest absolute Gasteiger partial charge is 0.139 e. The van der Waals surface area contributed by atoms with Crippen molar-refractivity contribution in [1.82, 2.24) is 14.8 Å². The molecule has 0 spiro atoms. The maximum Gasteiger partial charge on any atom is 0.139 e. The molecule has 0 radical (unpaired) electrons. The predicted octanol–water partition coefficient (Wildman–Crippen LogP) is 3.01. The third-order valence-electron chi connectivity index (χ3n) is 4.33. The van der Waals surface area contributed by atoms with Gasteiger partial charge in [0.05, 0.1) is 11.4 Å². The van der Waals surface area contributed by atoms with Gasteiger partial charge in [0.15, 0.2) is 0 Å². The van der Waals surface area contributed by atoms with E-state index in [9.17, 15) is 4.21 Å². The van der Waals surface area contributed by atoms with E-state index in [1.165, 1.54) is 0 Å². The molecule has 0 saturated carbocycles. The Hall–Kier alpha value is -2.47. The highest BCUT2D eigenvalue weighted by Gasteiger charge is 2.24. The minimum Gasteiger partial charge on any atom is -0.339 e. The molecule has 2 aromatic carbocycles. The Morgan fingerprint density at radius 1 is 1.04 bits per heavy atom. The van der Waals surface area contributed by atoms with Crippen LogP contribution in [0, 0.1) is 6.92 Å². The molecular formula is C18H18N4OS. The summed E-state index contributed by atoms with van der Waals surface area (Å²) in [5.41, 5.74) is 3.19. The number of anilines is 2. The number of hydrogen-bond acceptors (Lipinski definition) is 4. The summed E-state index contributed by atoms with van der Waals surface area (Å²) in [5.74, 6) is 1.82.